The van der Waals surface area contributed by atoms with E-state index >= 15 is 0 Å². The van der Waals surface area contributed by atoms with Gasteiger partial charge in [0.15, 0.2) is 0 Å². The third-order valence-corrected chi connectivity index (χ3v) is 2.52. The SMILES string of the molecule is CC(C)Oc1cccc(/C=C/C(=O)NCCCC(=O)O)c1. The van der Waals surface area contributed by atoms with E-state index < -0.39 is 5.97 Å². The summed E-state index contributed by atoms with van der Waals surface area (Å²) in [5, 5.41) is 11.1. The number of carbonyl (C=O) groups is 2. The highest BCUT2D eigenvalue weighted by Gasteiger charge is 2.00. The van der Waals surface area contributed by atoms with Gasteiger partial charge in [0.2, 0.25) is 5.91 Å². The van der Waals surface area contributed by atoms with Crippen LogP contribution in [0, 0.1) is 0 Å². The van der Waals surface area contributed by atoms with Crippen molar-refractivity contribution in [3.05, 3.63) is 35.9 Å². The summed E-state index contributed by atoms with van der Waals surface area (Å²) in [5.41, 5.74) is 0.869. The molecule has 0 aliphatic rings. The molecule has 1 aromatic rings. The molecule has 2 N–H and O–H groups in total. The Hall–Kier alpha value is -2.30. The molecule has 1 aromatic carbocycles. The van der Waals surface area contributed by atoms with Crippen molar-refractivity contribution in [3.8, 4) is 5.75 Å². The number of hydrogen-bond acceptors (Lipinski definition) is 3. The number of nitrogens with one attached hydrogen (secondary N) is 1. The molecule has 0 radical (unpaired) electrons. The maximum Gasteiger partial charge on any atom is 0.303 e. The molecular formula is C16H21NO4. The van der Waals surface area contributed by atoms with Crippen molar-refractivity contribution in [2.45, 2.75) is 32.8 Å². The van der Waals surface area contributed by atoms with Crippen molar-refractivity contribution < 1.29 is 19.4 Å². The van der Waals surface area contributed by atoms with Crippen molar-refractivity contribution in [1.29, 1.82) is 0 Å². The highest BCUT2D eigenvalue weighted by Crippen LogP contribution is 2.15. The molecule has 0 spiro atoms. The van der Waals surface area contributed by atoms with Gasteiger partial charge in [-0.1, -0.05) is 12.1 Å². The summed E-state index contributed by atoms with van der Waals surface area (Å²) in [6.07, 6.45) is 3.70. The second-order valence-corrected chi connectivity index (χ2v) is 4.86. The monoisotopic (exact) mass is 291 g/mol. The molecule has 5 nitrogen and oxygen atoms in total. The van der Waals surface area contributed by atoms with Crippen molar-refractivity contribution >= 4 is 18.0 Å². The first-order chi connectivity index (χ1) is 9.97. The highest BCUT2D eigenvalue weighted by molar-refractivity contribution is 5.91. The molecule has 0 aliphatic carbocycles. The topological polar surface area (TPSA) is 75.6 Å². The first-order valence-electron chi connectivity index (χ1n) is 6.92. The van der Waals surface area contributed by atoms with E-state index in [4.69, 9.17) is 9.84 Å². The second-order valence-electron chi connectivity index (χ2n) is 4.86. The van der Waals surface area contributed by atoms with Gasteiger partial charge in [-0.25, -0.2) is 0 Å². The van der Waals surface area contributed by atoms with Gasteiger partial charge < -0.3 is 15.2 Å². The van der Waals surface area contributed by atoms with E-state index in [-0.39, 0.29) is 18.4 Å². The zero-order valence-electron chi connectivity index (χ0n) is 12.3. The summed E-state index contributed by atoms with van der Waals surface area (Å²) in [4.78, 5) is 21.9. The number of amides is 1. The number of rotatable bonds is 8. The number of ether oxygens (including phenoxy) is 1. The molecule has 0 saturated heterocycles. The minimum Gasteiger partial charge on any atom is -0.491 e. The van der Waals surface area contributed by atoms with E-state index in [1.807, 2.05) is 38.1 Å². The van der Waals surface area contributed by atoms with Crippen LogP contribution in [0.25, 0.3) is 6.08 Å². The van der Waals surface area contributed by atoms with Crippen molar-refractivity contribution in [2.24, 2.45) is 0 Å². The summed E-state index contributed by atoms with van der Waals surface area (Å²) >= 11 is 0. The first-order valence-corrected chi connectivity index (χ1v) is 6.92. The Balaban J connectivity index is 2.44. The van der Waals surface area contributed by atoms with Crippen molar-refractivity contribution in [3.63, 3.8) is 0 Å². The molecule has 0 atom stereocenters. The Morgan fingerprint density at radius 3 is 2.81 bits per heavy atom. The molecule has 114 valence electrons. The van der Waals surface area contributed by atoms with E-state index in [0.717, 1.165) is 11.3 Å². The van der Waals surface area contributed by atoms with Crippen LogP contribution in [0.1, 0.15) is 32.3 Å². The Bertz CT molecular complexity index is 509. The number of carboxylic acid groups (broad SMARTS) is 1. The van der Waals surface area contributed by atoms with Gasteiger partial charge in [-0.05, 0) is 44.0 Å². The fourth-order valence-electron chi connectivity index (χ4n) is 1.65. The second kappa shape index (κ2) is 8.79. The van der Waals surface area contributed by atoms with Gasteiger partial charge in [-0.2, -0.15) is 0 Å². The van der Waals surface area contributed by atoms with Gasteiger partial charge in [-0.3, -0.25) is 9.59 Å². The van der Waals surface area contributed by atoms with E-state index in [1.165, 1.54) is 6.08 Å². The Kier molecular flexibility index (Phi) is 7.01. The van der Waals surface area contributed by atoms with E-state index in [1.54, 1.807) is 6.08 Å². The third-order valence-electron chi connectivity index (χ3n) is 2.52. The van der Waals surface area contributed by atoms with Crippen LogP contribution in [0.4, 0.5) is 0 Å². The molecule has 21 heavy (non-hydrogen) atoms. The summed E-state index contributed by atoms with van der Waals surface area (Å²) < 4.78 is 5.57. The summed E-state index contributed by atoms with van der Waals surface area (Å²) in [7, 11) is 0. The van der Waals surface area contributed by atoms with Crippen LogP contribution in [0.5, 0.6) is 5.75 Å². The van der Waals surface area contributed by atoms with Crippen LogP contribution in [0.15, 0.2) is 30.3 Å². The van der Waals surface area contributed by atoms with Crippen LogP contribution in [0.3, 0.4) is 0 Å². The molecule has 0 heterocycles. The standard InChI is InChI=1S/C16H21NO4/c1-12(2)21-14-6-3-5-13(11-14)8-9-15(18)17-10-4-7-16(19)20/h3,5-6,8-9,11-12H,4,7,10H2,1-2H3,(H,17,18)(H,19,20)/b9-8+. The molecular weight excluding hydrogens is 270 g/mol. The van der Waals surface area contributed by atoms with Crippen molar-refractivity contribution in [1.82, 2.24) is 5.32 Å². The first kappa shape index (κ1) is 16.8. The van der Waals surface area contributed by atoms with Gasteiger partial charge >= 0.3 is 5.97 Å². The number of carboxylic acids is 1. The molecule has 0 fully saturated rings. The largest absolute Gasteiger partial charge is 0.491 e. The predicted octanol–water partition coefficient (Wildman–Crippen LogP) is 2.47. The van der Waals surface area contributed by atoms with Crippen molar-refractivity contribution in [2.75, 3.05) is 6.54 Å². The molecule has 0 saturated carbocycles. The summed E-state index contributed by atoms with van der Waals surface area (Å²) in [6, 6.07) is 7.46. The molecule has 0 aliphatic heterocycles. The number of aliphatic carboxylic acids is 1. The number of carbonyl (C=O) groups excluding carboxylic acids is 1. The van der Waals surface area contributed by atoms with Gasteiger partial charge in [0.05, 0.1) is 6.10 Å². The van der Waals surface area contributed by atoms with Crippen LogP contribution >= 0.6 is 0 Å². The van der Waals surface area contributed by atoms with Crippen LogP contribution < -0.4 is 10.1 Å². The molecule has 1 amide bonds. The Morgan fingerprint density at radius 1 is 1.38 bits per heavy atom. The van der Waals surface area contributed by atoms with Crippen LogP contribution in [-0.4, -0.2) is 29.6 Å². The average molecular weight is 291 g/mol. The molecule has 0 aromatic heterocycles. The van der Waals surface area contributed by atoms with E-state index in [0.29, 0.717) is 13.0 Å². The average Bonchev–Trinajstić information content (AvgIpc) is 2.41. The van der Waals surface area contributed by atoms with Crippen LogP contribution in [-0.2, 0) is 9.59 Å². The van der Waals surface area contributed by atoms with Crippen LogP contribution in [0.2, 0.25) is 0 Å². The summed E-state index contributed by atoms with van der Waals surface area (Å²) in [6.45, 7) is 4.26. The van der Waals surface area contributed by atoms with Gasteiger partial charge in [-0.15, -0.1) is 0 Å². The van der Waals surface area contributed by atoms with Gasteiger partial charge in [0, 0.05) is 19.0 Å². The van der Waals surface area contributed by atoms with E-state index in [9.17, 15) is 9.59 Å². The lowest BCUT2D eigenvalue weighted by atomic mass is 10.2. The zero-order valence-corrected chi connectivity index (χ0v) is 12.3. The number of hydrogen-bond donors (Lipinski definition) is 2. The smallest absolute Gasteiger partial charge is 0.303 e. The Labute approximate surface area is 124 Å². The minimum absolute atomic E-state index is 0.0541. The quantitative estimate of drug-likeness (QED) is 0.570. The maximum atomic E-state index is 11.5. The highest BCUT2D eigenvalue weighted by atomic mass is 16.5. The molecule has 0 unspecified atom stereocenters. The molecule has 1 rings (SSSR count). The summed E-state index contributed by atoms with van der Waals surface area (Å²) in [5.74, 6) is -0.341. The molecule has 5 heteroatoms. The molecule has 0 bridgehead atoms. The third kappa shape index (κ3) is 7.77. The fraction of sp³-hybridized carbons (Fsp3) is 0.375. The maximum absolute atomic E-state index is 11.5. The zero-order chi connectivity index (χ0) is 15.7. The number of benzene rings is 1. The lowest BCUT2D eigenvalue weighted by Crippen LogP contribution is -2.22. The van der Waals surface area contributed by atoms with E-state index in [2.05, 4.69) is 5.32 Å². The lowest BCUT2D eigenvalue weighted by molar-refractivity contribution is -0.137. The normalized spacial score (nSPS) is 10.8. The lowest BCUT2D eigenvalue weighted by Gasteiger charge is -2.09. The van der Waals surface area contributed by atoms with Gasteiger partial charge in [0.25, 0.3) is 0 Å². The fourth-order valence-corrected chi connectivity index (χ4v) is 1.65. The minimum atomic E-state index is -0.859. The Morgan fingerprint density at radius 2 is 2.14 bits per heavy atom. The van der Waals surface area contributed by atoms with Gasteiger partial charge in [0.1, 0.15) is 5.75 Å². The predicted molar refractivity (Wildman–Crippen MR) is 81.1 cm³/mol.